The van der Waals surface area contributed by atoms with Gasteiger partial charge in [-0.05, 0) is 25.1 Å². The van der Waals surface area contributed by atoms with Crippen molar-refractivity contribution in [2.75, 3.05) is 0 Å². The summed E-state index contributed by atoms with van der Waals surface area (Å²) in [6.07, 6.45) is 0. The standard InChI is InChI=1S/C12H10FNO3/c1-6-10(12(16)17)14(2)9-4-3-7(13)5-8(9)11(6)15/h3-5H,1-2H3,(H,16,17). The number of halogens is 1. The average Bonchev–Trinajstić information content (AvgIpc) is 2.25. The number of hydrogen-bond acceptors (Lipinski definition) is 2. The zero-order valence-electron chi connectivity index (χ0n) is 9.32. The maximum atomic E-state index is 13.1. The van der Waals surface area contributed by atoms with Crippen LogP contribution in [0.25, 0.3) is 10.9 Å². The number of nitrogens with zero attached hydrogens (tertiary/aromatic N) is 1. The first-order valence-electron chi connectivity index (χ1n) is 4.95. The third kappa shape index (κ3) is 1.60. The monoisotopic (exact) mass is 235 g/mol. The van der Waals surface area contributed by atoms with Gasteiger partial charge in [0.2, 0.25) is 0 Å². The molecule has 1 aromatic heterocycles. The predicted octanol–water partition coefficient (Wildman–Crippen LogP) is 1.68. The van der Waals surface area contributed by atoms with Crippen LogP contribution in [0.1, 0.15) is 16.1 Å². The van der Waals surface area contributed by atoms with Gasteiger partial charge in [0.25, 0.3) is 0 Å². The summed E-state index contributed by atoms with van der Waals surface area (Å²) in [6.45, 7) is 1.43. The van der Waals surface area contributed by atoms with Crippen molar-refractivity contribution in [2.45, 2.75) is 6.92 Å². The lowest BCUT2D eigenvalue weighted by Gasteiger charge is -2.11. The van der Waals surface area contributed by atoms with E-state index < -0.39 is 17.2 Å². The van der Waals surface area contributed by atoms with Crippen molar-refractivity contribution in [1.29, 1.82) is 0 Å². The highest BCUT2D eigenvalue weighted by molar-refractivity contribution is 5.92. The molecule has 5 heteroatoms. The van der Waals surface area contributed by atoms with Crippen molar-refractivity contribution in [2.24, 2.45) is 7.05 Å². The highest BCUT2D eigenvalue weighted by atomic mass is 19.1. The molecule has 0 aliphatic carbocycles. The van der Waals surface area contributed by atoms with E-state index in [4.69, 9.17) is 5.11 Å². The van der Waals surface area contributed by atoms with Gasteiger partial charge in [-0.2, -0.15) is 0 Å². The number of carboxylic acids is 1. The Kier molecular flexibility index (Phi) is 2.46. The Morgan fingerprint density at radius 3 is 2.65 bits per heavy atom. The predicted molar refractivity (Wildman–Crippen MR) is 60.8 cm³/mol. The van der Waals surface area contributed by atoms with Crippen molar-refractivity contribution >= 4 is 16.9 Å². The first kappa shape index (κ1) is 11.3. The van der Waals surface area contributed by atoms with Gasteiger partial charge in [-0.3, -0.25) is 4.79 Å². The van der Waals surface area contributed by atoms with E-state index in [2.05, 4.69) is 0 Å². The fourth-order valence-electron chi connectivity index (χ4n) is 1.97. The number of fused-ring (bicyclic) bond motifs is 1. The summed E-state index contributed by atoms with van der Waals surface area (Å²) in [4.78, 5) is 23.0. The summed E-state index contributed by atoms with van der Waals surface area (Å²) >= 11 is 0. The van der Waals surface area contributed by atoms with Crippen LogP contribution in [0.4, 0.5) is 4.39 Å². The molecule has 0 amide bonds. The van der Waals surface area contributed by atoms with Crippen molar-refractivity contribution in [1.82, 2.24) is 4.57 Å². The molecule has 1 N–H and O–H groups in total. The second-order valence-electron chi connectivity index (χ2n) is 3.83. The van der Waals surface area contributed by atoms with E-state index >= 15 is 0 Å². The zero-order valence-corrected chi connectivity index (χ0v) is 9.32. The first-order valence-corrected chi connectivity index (χ1v) is 4.95. The second kappa shape index (κ2) is 3.69. The molecular weight excluding hydrogens is 225 g/mol. The van der Waals surface area contributed by atoms with E-state index in [1.54, 1.807) is 0 Å². The fourth-order valence-corrected chi connectivity index (χ4v) is 1.97. The van der Waals surface area contributed by atoms with Crippen molar-refractivity contribution in [3.05, 3.63) is 45.5 Å². The summed E-state index contributed by atoms with van der Waals surface area (Å²) in [5, 5.41) is 9.24. The Morgan fingerprint density at radius 2 is 2.06 bits per heavy atom. The molecular formula is C12H10FNO3. The van der Waals surface area contributed by atoms with Crippen LogP contribution in [0.3, 0.4) is 0 Å². The van der Waals surface area contributed by atoms with E-state index in [9.17, 15) is 14.0 Å². The molecule has 0 spiro atoms. The SMILES string of the molecule is Cc1c(C(=O)O)n(C)c2ccc(F)cc2c1=O. The van der Waals surface area contributed by atoms with Crippen LogP contribution in [-0.2, 0) is 7.05 Å². The van der Waals surface area contributed by atoms with Gasteiger partial charge in [-0.15, -0.1) is 0 Å². The zero-order chi connectivity index (χ0) is 12.7. The molecule has 17 heavy (non-hydrogen) atoms. The Morgan fingerprint density at radius 1 is 1.41 bits per heavy atom. The van der Waals surface area contributed by atoms with Crippen LogP contribution in [0.2, 0.25) is 0 Å². The summed E-state index contributed by atoms with van der Waals surface area (Å²) in [5.74, 6) is -1.69. The lowest BCUT2D eigenvalue weighted by Crippen LogP contribution is -2.20. The first-order chi connectivity index (χ1) is 7.93. The number of aromatic carboxylic acids is 1. The van der Waals surface area contributed by atoms with Crippen LogP contribution in [0.5, 0.6) is 0 Å². The summed E-state index contributed by atoms with van der Waals surface area (Å²) in [5.41, 5.74) is -0.0124. The Hall–Kier alpha value is -2.17. The van der Waals surface area contributed by atoms with Crippen molar-refractivity contribution in [3.63, 3.8) is 0 Å². The summed E-state index contributed by atoms with van der Waals surface area (Å²) in [7, 11) is 1.54. The van der Waals surface area contributed by atoms with Gasteiger partial charge in [0, 0.05) is 18.0 Å². The number of carbonyl (C=O) groups is 1. The number of hydrogen-bond donors (Lipinski definition) is 1. The van der Waals surface area contributed by atoms with E-state index in [0.29, 0.717) is 5.52 Å². The lowest BCUT2D eigenvalue weighted by atomic mass is 10.1. The molecule has 4 nitrogen and oxygen atoms in total. The Balaban J connectivity index is 3.05. The van der Waals surface area contributed by atoms with Crippen LogP contribution in [0, 0.1) is 12.7 Å². The van der Waals surface area contributed by atoms with E-state index in [-0.39, 0.29) is 16.6 Å². The second-order valence-corrected chi connectivity index (χ2v) is 3.83. The van der Waals surface area contributed by atoms with Gasteiger partial charge in [-0.1, -0.05) is 0 Å². The highest BCUT2D eigenvalue weighted by Crippen LogP contribution is 2.16. The highest BCUT2D eigenvalue weighted by Gasteiger charge is 2.17. The van der Waals surface area contributed by atoms with Crippen LogP contribution >= 0.6 is 0 Å². The molecule has 0 bridgehead atoms. The minimum absolute atomic E-state index is 0.0749. The van der Waals surface area contributed by atoms with Crippen LogP contribution in [-0.4, -0.2) is 15.6 Å². The molecule has 0 saturated carbocycles. The normalized spacial score (nSPS) is 10.8. The average molecular weight is 235 g/mol. The van der Waals surface area contributed by atoms with E-state index in [0.717, 1.165) is 6.07 Å². The molecule has 0 aliphatic heterocycles. The maximum absolute atomic E-state index is 13.1. The molecule has 0 aliphatic rings. The van der Waals surface area contributed by atoms with Crippen molar-refractivity contribution < 1.29 is 14.3 Å². The Labute approximate surface area is 95.9 Å². The number of rotatable bonds is 1. The number of aryl methyl sites for hydroxylation is 1. The van der Waals surface area contributed by atoms with Gasteiger partial charge in [0.1, 0.15) is 11.5 Å². The molecule has 2 rings (SSSR count). The topological polar surface area (TPSA) is 59.3 Å². The molecule has 88 valence electrons. The number of aromatic nitrogens is 1. The summed E-state index contributed by atoms with van der Waals surface area (Å²) < 4.78 is 14.5. The van der Waals surface area contributed by atoms with Crippen molar-refractivity contribution in [3.8, 4) is 0 Å². The maximum Gasteiger partial charge on any atom is 0.352 e. The fraction of sp³-hybridized carbons (Fsp3) is 0.167. The van der Waals surface area contributed by atoms with E-state index in [1.807, 2.05) is 0 Å². The molecule has 0 radical (unpaired) electrons. The third-order valence-electron chi connectivity index (χ3n) is 2.80. The molecule has 1 heterocycles. The molecule has 1 aromatic carbocycles. The largest absolute Gasteiger partial charge is 0.477 e. The number of pyridine rings is 1. The molecule has 2 aromatic rings. The Bertz CT molecular complexity index is 688. The lowest BCUT2D eigenvalue weighted by molar-refractivity contribution is 0.0685. The molecule has 0 unspecified atom stereocenters. The quantitative estimate of drug-likeness (QED) is 0.818. The summed E-state index contributed by atoms with van der Waals surface area (Å²) in [6, 6.07) is 3.72. The smallest absolute Gasteiger partial charge is 0.352 e. The van der Waals surface area contributed by atoms with Gasteiger partial charge in [0.05, 0.1) is 5.52 Å². The van der Waals surface area contributed by atoms with Gasteiger partial charge in [0.15, 0.2) is 5.43 Å². The van der Waals surface area contributed by atoms with Gasteiger partial charge < -0.3 is 9.67 Å². The van der Waals surface area contributed by atoms with Crippen LogP contribution < -0.4 is 5.43 Å². The van der Waals surface area contributed by atoms with Crippen LogP contribution in [0.15, 0.2) is 23.0 Å². The third-order valence-corrected chi connectivity index (χ3v) is 2.80. The minimum Gasteiger partial charge on any atom is -0.477 e. The number of carboxylic acid groups (broad SMARTS) is 1. The van der Waals surface area contributed by atoms with E-state index in [1.165, 1.54) is 30.7 Å². The molecule has 0 saturated heterocycles. The molecule has 0 fully saturated rings. The minimum atomic E-state index is -1.17. The van der Waals surface area contributed by atoms with Gasteiger partial charge in [-0.25, -0.2) is 9.18 Å². The molecule has 0 atom stereocenters. The van der Waals surface area contributed by atoms with Gasteiger partial charge >= 0.3 is 5.97 Å². The number of benzene rings is 1.